The number of cyclic esters (lactones) is 1. The van der Waals surface area contributed by atoms with E-state index in [1.54, 1.807) is 13.1 Å². The number of pyridine rings is 1. The third kappa shape index (κ3) is 6.32. The molecule has 1 fully saturated rings. The number of halogens is 1. The highest BCUT2D eigenvalue weighted by molar-refractivity contribution is 14.1. The van der Waals surface area contributed by atoms with Crippen molar-refractivity contribution < 1.29 is 28.6 Å². The van der Waals surface area contributed by atoms with Crippen LogP contribution >= 0.6 is 22.6 Å². The van der Waals surface area contributed by atoms with Crippen LogP contribution in [0.15, 0.2) is 30.5 Å². The van der Waals surface area contributed by atoms with Crippen LogP contribution in [0.5, 0.6) is 5.88 Å². The van der Waals surface area contributed by atoms with Gasteiger partial charge in [0.1, 0.15) is 22.2 Å². The van der Waals surface area contributed by atoms with E-state index in [1.807, 2.05) is 26.8 Å². The van der Waals surface area contributed by atoms with Crippen molar-refractivity contribution in [2.45, 2.75) is 82.0 Å². The number of hydrogen-bond acceptors (Lipinski definition) is 7. The molecule has 0 unspecified atom stereocenters. The lowest BCUT2D eigenvalue weighted by atomic mass is 9.85. The number of fused-ring (bicyclic) bond motifs is 3. The number of amides is 2. The Hall–Kier alpha value is -2.63. The second kappa shape index (κ2) is 12.0. The summed E-state index contributed by atoms with van der Waals surface area (Å²) >= 11 is 2.14. The van der Waals surface area contributed by atoms with Gasteiger partial charge in [-0.3, -0.25) is 4.79 Å². The fourth-order valence-electron chi connectivity index (χ4n) is 4.94. The molecule has 4 atom stereocenters. The van der Waals surface area contributed by atoms with Gasteiger partial charge in [0.15, 0.2) is 0 Å². The summed E-state index contributed by atoms with van der Waals surface area (Å²) in [6, 6.07) is 6.44. The summed E-state index contributed by atoms with van der Waals surface area (Å²) in [5, 5.41) is 4.67. The Morgan fingerprint density at radius 2 is 2.00 bits per heavy atom. The average molecular weight is 638 g/mol. The van der Waals surface area contributed by atoms with E-state index < -0.39 is 39.7 Å². The molecule has 0 spiro atoms. The summed E-state index contributed by atoms with van der Waals surface area (Å²) in [7, 11) is 0. The van der Waals surface area contributed by atoms with E-state index in [-0.39, 0.29) is 25.5 Å². The lowest BCUT2D eigenvalue weighted by Gasteiger charge is -2.36. The molecular formula is C28H36IN3O6. The van der Waals surface area contributed by atoms with Gasteiger partial charge in [0.05, 0.1) is 13.2 Å². The number of ether oxygens (including phenoxy) is 3. The molecule has 206 valence electrons. The maximum atomic E-state index is 14.0. The second-order valence-electron chi connectivity index (χ2n) is 10.8. The van der Waals surface area contributed by atoms with Gasteiger partial charge < -0.3 is 24.4 Å². The van der Waals surface area contributed by atoms with E-state index >= 15 is 0 Å². The smallest absolute Gasteiger partial charge is 0.407 e. The molecule has 0 aliphatic carbocycles. The number of nitrogens with zero attached hydrogens (tertiary/aromatic N) is 2. The zero-order valence-corrected chi connectivity index (χ0v) is 24.5. The molecule has 2 aliphatic heterocycles. The predicted molar refractivity (Wildman–Crippen MR) is 151 cm³/mol. The first kappa shape index (κ1) is 28.4. The minimum Gasteiger partial charge on any atom is -0.471 e. The van der Waals surface area contributed by atoms with E-state index in [0.29, 0.717) is 5.88 Å². The number of carbonyl (C=O) groups excluding carboxylic acids is 3. The SMILES string of the molecule is CCOC(=O)[C@@H]1C[C@@H]2Oc3nccc4ccc(cc34)CCCCCOC(=O)N[C@@H](C(C)(C)C)C(=O)N1[C@@H]2I. The molecule has 38 heavy (non-hydrogen) atoms. The Balaban J connectivity index is 1.75. The largest absolute Gasteiger partial charge is 0.471 e. The predicted octanol–water partition coefficient (Wildman–Crippen LogP) is 4.77. The van der Waals surface area contributed by atoms with Gasteiger partial charge in [0, 0.05) is 18.0 Å². The van der Waals surface area contributed by atoms with Crippen molar-refractivity contribution in [3.05, 3.63) is 36.0 Å². The molecule has 1 aromatic carbocycles. The maximum Gasteiger partial charge on any atom is 0.407 e. The van der Waals surface area contributed by atoms with Gasteiger partial charge in [-0.2, -0.15) is 0 Å². The van der Waals surface area contributed by atoms with Crippen LogP contribution in [0.25, 0.3) is 10.8 Å². The third-order valence-corrected chi connectivity index (χ3v) is 8.35. The highest BCUT2D eigenvalue weighted by Crippen LogP contribution is 2.37. The van der Waals surface area contributed by atoms with Crippen LogP contribution in [0, 0.1) is 5.41 Å². The summed E-state index contributed by atoms with van der Waals surface area (Å²) in [6.07, 6.45) is 4.25. The van der Waals surface area contributed by atoms with Crippen LogP contribution in [0.1, 0.15) is 58.9 Å². The van der Waals surface area contributed by atoms with Crippen LogP contribution < -0.4 is 10.1 Å². The van der Waals surface area contributed by atoms with E-state index in [4.69, 9.17) is 14.2 Å². The lowest BCUT2D eigenvalue weighted by Crippen LogP contribution is -2.58. The lowest BCUT2D eigenvalue weighted by molar-refractivity contribution is -0.154. The minimum atomic E-state index is -0.917. The van der Waals surface area contributed by atoms with E-state index in [0.717, 1.165) is 36.5 Å². The van der Waals surface area contributed by atoms with Gasteiger partial charge in [-0.25, -0.2) is 14.6 Å². The molecule has 0 radical (unpaired) electrons. The summed E-state index contributed by atoms with van der Waals surface area (Å²) in [5.74, 6) is -0.404. The molecule has 1 aromatic heterocycles. The molecule has 0 saturated carbocycles. The second-order valence-corrected chi connectivity index (χ2v) is 12.1. The first-order valence-electron chi connectivity index (χ1n) is 13.2. The number of carbonyl (C=O) groups is 3. The van der Waals surface area contributed by atoms with Crippen LogP contribution in [-0.2, 0) is 25.5 Å². The molecule has 1 N–H and O–H groups in total. The molecular weight excluding hydrogens is 601 g/mol. The van der Waals surface area contributed by atoms with Crippen molar-refractivity contribution >= 4 is 51.3 Å². The van der Waals surface area contributed by atoms with Gasteiger partial charge >= 0.3 is 12.1 Å². The monoisotopic (exact) mass is 637 g/mol. The van der Waals surface area contributed by atoms with E-state index in [1.165, 1.54) is 10.5 Å². The van der Waals surface area contributed by atoms with Gasteiger partial charge in [-0.15, -0.1) is 0 Å². The highest BCUT2D eigenvalue weighted by Gasteiger charge is 2.51. The first-order valence-corrected chi connectivity index (χ1v) is 14.4. The van der Waals surface area contributed by atoms with Gasteiger partial charge in [0.2, 0.25) is 11.8 Å². The number of rotatable bonds is 2. The number of esters is 1. The zero-order chi connectivity index (χ0) is 27.4. The first-order chi connectivity index (χ1) is 18.1. The number of hydrogen-bond donors (Lipinski definition) is 1. The Morgan fingerprint density at radius 1 is 1.21 bits per heavy atom. The van der Waals surface area contributed by atoms with Crippen molar-refractivity contribution in [3.63, 3.8) is 0 Å². The van der Waals surface area contributed by atoms with Crippen molar-refractivity contribution in [1.29, 1.82) is 0 Å². The number of alkyl carbamates (subject to hydrolysis) is 1. The van der Waals surface area contributed by atoms with Crippen molar-refractivity contribution in [1.82, 2.24) is 15.2 Å². The van der Waals surface area contributed by atoms with Gasteiger partial charge in [-0.1, -0.05) is 55.5 Å². The number of alkyl halides is 1. The molecule has 4 rings (SSSR count). The molecule has 10 heteroatoms. The summed E-state index contributed by atoms with van der Waals surface area (Å²) in [4.78, 5) is 45.8. The van der Waals surface area contributed by atoms with Crippen LogP contribution in [0.4, 0.5) is 4.79 Å². The number of aromatic nitrogens is 1. The molecule has 2 aliphatic rings. The zero-order valence-electron chi connectivity index (χ0n) is 22.4. The summed E-state index contributed by atoms with van der Waals surface area (Å²) in [6.45, 7) is 7.79. The fourth-order valence-corrected chi connectivity index (χ4v) is 6.04. The van der Waals surface area contributed by atoms with Gasteiger partial charge in [-0.05, 0) is 61.1 Å². The summed E-state index contributed by atoms with van der Waals surface area (Å²) < 4.78 is 16.7. The number of benzene rings is 1. The minimum absolute atomic E-state index is 0.190. The number of nitrogens with one attached hydrogen (secondary N) is 1. The normalized spacial score (nSPS) is 25.2. The quantitative estimate of drug-likeness (QED) is 0.219. The molecule has 2 amide bonds. The number of aryl methyl sites for hydroxylation is 1. The van der Waals surface area contributed by atoms with Crippen LogP contribution in [0.2, 0.25) is 0 Å². The molecule has 1 saturated heterocycles. The Bertz CT molecular complexity index is 1180. The third-order valence-electron chi connectivity index (χ3n) is 6.95. The van der Waals surface area contributed by atoms with Crippen molar-refractivity contribution in [2.75, 3.05) is 13.2 Å². The summed E-state index contributed by atoms with van der Waals surface area (Å²) in [5.41, 5.74) is 0.528. The van der Waals surface area contributed by atoms with Crippen LogP contribution in [-0.4, -0.2) is 63.3 Å². The standard InChI is InChI=1S/C28H36IN3O6/c1-5-36-26(34)20-16-21-23(29)32(20)25(33)22(28(2,3)4)31-27(35)37-14-8-6-7-9-17-10-11-18-12-13-30-24(38-21)19(18)15-17/h10-13,15,20-23H,5-9,14,16H2,1-4H3,(H,31,35)/t20-,21-,22+,23-/m0/s1. The van der Waals surface area contributed by atoms with Crippen molar-refractivity contribution in [2.24, 2.45) is 5.41 Å². The Kier molecular flexibility index (Phi) is 9.00. The maximum absolute atomic E-state index is 14.0. The average Bonchev–Trinajstić information content (AvgIpc) is 3.19. The van der Waals surface area contributed by atoms with E-state index in [9.17, 15) is 14.4 Å². The highest BCUT2D eigenvalue weighted by atomic mass is 127. The molecule has 9 nitrogen and oxygen atoms in total. The molecule has 2 aromatic rings. The molecule has 3 heterocycles. The van der Waals surface area contributed by atoms with Crippen LogP contribution in [0.3, 0.4) is 0 Å². The fraction of sp³-hybridized carbons (Fsp3) is 0.571. The Labute approximate surface area is 237 Å². The Morgan fingerprint density at radius 3 is 2.74 bits per heavy atom. The van der Waals surface area contributed by atoms with E-state index in [2.05, 4.69) is 51.1 Å². The van der Waals surface area contributed by atoms with Crippen molar-refractivity contribution in [3.8, 4) is 5.88 Å². The van der Waals surface area contributed by atoms with Gasteiger partial charge in [0.25, 0.3) is 0 Å². The molecule has 4 bridgehead atoms. The topological polar surface area (TPSA) is 107 Å².